The average Bonchev–Trinajstić information content (AvgIpc) is 2.50. The maximum atomic E-state index is 12.3. The highest BCUT2D eigenvalue weighted by atomic mass is 19.4. The molecule has 1 aromatic rings. The van der Waals surface area contributed by atoms with Crippen LogP contribution in [0.3, 0.4) is 0 Å². The Bertz CT molecular complexity index is 666. The van der Waals surface area contributed by atoms with Crippen molar-refractivity contribution in [3.05, 3.63) is 29.8 Å². The van der Waals surface area contributed by atoms with E-state index in [1.165, 1.54) is 0 Å². The van der Waals surface area contributed by atoms with Crippen LogP contribution in [0.1, 0.15) is 11.7 Å². The topological polar surface area (TPSA) is 78.9 Å². The highest BCUT2D eigenvalue weighted by molar-refractivity contribution is 5.83. The molecule has 1 unspecified atom stereocenters. The smallest absolute Gasteiger partial charge is 0.466 e. The molecule has 0 aliphatic heterocycles. The third kappa shape index (κ3) is 5.65. The summed E-state index contributed by atoms with van der Waals surface area (Å²) in [5.41, 5.74) is -0.503. The average molecular weight is 374 g/mol. The number of esters is 3. The lowest BCUT2D eigenvalue weighted by Gasteiger charge is -2.17. The fourth-order valence-corrected chi connectivity index (χ4v) is 1.44. The molecule has 0 N–H and O–H groups in total. The number of alkyl halides is 6. The highest BCUT2D eigenvalue weighted by Crippen LogP contribution is 2.28. The van der Waals surface area contributed by atoms with E-state index in [-0.39, 0.29) is 0 Å². The van der Waals surface area contributed by atoms with Gasteiger partial charge in [0.15, 0.2) is 0 Å². The Balaban J connectivity index is 3.11. The van der Waals surface area contributed by atoms with Crippen molar-refractivity contribution in [3.63, 3.8) is 0 Å². The van der Waals surface area contributed by atoms with Gasteiger partial charge in [-0.05, 0) is 12.1 Å². The molecule has 0 aliphatic rings. The molecule has 0 amide bonds. The maximum absolute atomic E-state index is 12.3. The number of halogens is 6. The Labute approximate surface area is 135 Å². The second-order valence-corrected chi connectivity index (χ2v) is 4.27. The number of ether oxygens (including phenoxy) is 3. The largest absolute Gasteiger partial charge is 0.491 e. The Morgan fingerprint density at radius 3 is 2.00 bits per heavy atom. The van der Waals surface area contributed by atoms with Crippen LogP contribution in [0.5, 0.6) is 5.75 Å². The first-order valence-electron chi connectivity index (χ1n) is 6.11. The van der Waals surface area contributed by atoms with Crippen molar-refractivity contribution in [1.29, 1.82) is 0 Å². The van der Waals surface area contributed by atoms with E-state index in [2.05, 4.69) is 14.2 Å². The van der Waals surface area contributed by atoms with Crippen molar-refractivity contribution in [2.75, 3.05) is 7.11 Å². The highest BCUT2D eigenvalue weighted by Gasteiger charge is 2.44. The van der Waals surface area contributed by atoms with Crippen LogP contribution in [0.25, 0.3) is 0 Å². The Kier molecular flexibility index (Phi) is 6.00. The standard InChI is InChI=1S/C13H8F6O6/c1-23-9(20)8(25-11(22)13(17,18)19)6-3-2-4-7(5-6)24-10(21)12(14,15)16/h2-5,8H,1H3. The van der Waals surface area contributed by atoms with Crippen molar-refractivity contribution >= 4 is 17.9 Å². The lowest BCUT2D eigenvalue weighted by Crippen LogP contribution is -2.30. The van der Waals surface area contributed by atoms with Crippen LogP contribution in [-0.4, -0.2) is 37.4 Å². The van der Waals surface area contributed by atoms with Crippen LogP contribution in [0.2, 0.25) is 0 Å². The number of carbonyl (C=O) groups is 3. The number of hydrogen-bond acceptors (Lipinski definition) is 6. The molecule has 0 saturated heterocycles. The Morgan fingerprint density at radius 2 is 1.52 bits per heavy atom. The summed E-state index contributed by atoms with van der Waals surface area (Å²) in [5.74, 6) is -7.49. The van der Waals surface area contributed by atoms with E-state index in [4.69, 9.17) is 0 Å². The van der Waals surface area contributed by atoms with E-state index in [1.54, 1.807) is 0 Å². The molecule has 0 spiro atoms. The zero-order valence-electron chi connectivity index (χ0n) is 12.1. The molecular weight excluding hydrogens is 366 g/mol. The second-order valence-electron chi connectivity index (χ2n) is 4.27. The molecule has 12 heteroatoms. The zero-order valence-corrected chi connectivity index (χ0v) is 12.1. The van der Waals surface area contributed by atoms with E-state index in [0.717, 1.165) is 25.3 Å². The normalized spacial score (nSPS) is 12.9. The number of hydrogen-bond donors (Lipinski definition) is 0. The molecule has 1 aromatic carbocycles. The van der Waals surface area contributed by atoms with Crippen molar-refractivity contribution in [3.8, 4) is 5.75 Å². The third-order valence-electron chi connectivity index (χ3n) is 2.47. The van der Waals surface area contributed by atoms with Crippen LogP contribution >= 0.6 is 0 Å². The molecule has 0 aromatic heterocycles. The first-order chi connectivity index (χ1) is 11.4. The predicted molar refractivity (Wildman–Crippen MR) is 65.0 cm³/mol. The van der Waals surface area contributed by atoms with Gasteiger partial charge in [0.25, 0.3) is 0 Å². The SMILES string of the molecule is COC(=O)C(OC(=O)C(F)(F)F)c1cccc(OC(=O)C(F)(F)F)c1. The molecule has 0 heterocycles. The molecule has 138 valence electrons. The van der Waals surface area contributed by atoms with Crippen LogP contribution in [0.4, 0.5) is 26.3 Å². The van der Waals surface area contributed by atoms with Crippen LogP contribution < -0.4 is 4.74 Å². The van der Waals surface area contributed by atoms with Crippen molar-refractivity contribution < 1.29 is 54.9 Å². The van der Waals surface area contributed by atoms with Gasteiger partial charge in [0, 0.05) is 5.56 Å². The number of methoxy groups -OCH3 is 1. The maximum Gasteiger partial charge on any atom is 0.491 e. The van der Waals surface area contributed by atoms with Crippen molar-refractivity contribution in [2.24, 2.45) is 0 Å². The number of rotatable bonds is 4. The van der Waals surface area contributed by atoms with Gasteiger partial charge in [-0.25, -0.2) is 14.4 Å². The van der Waals surface area contributed by atoms with Gasteiger partial charge in [-0.1, -0.05) is 12.1 Å². The Hall–Kier alpha value is -2.79. The van der Waals surface area contributed by atoms with Gasteiger partial charge < -0.3 is 14.2 Å². The molecule has 1 rings (SSSR count). The molecule has 1 atom stereocenters. The quantitative estimate of drug-likeness (QED) is 0.458. The van der Waals surface area contributed by atoms with Crippen LogP contribution in [-0.2, 0) is 23.9 Å². The molecule has 0 radical (unpaired) electrons. The van der Waals surface area contributed by atoms with E-state index in [1.807, 2.05) is 0 Å². The van der Waals surface area contributed by atoms with E-state index < -0.39 is 47.7 Å². The molecule has 6 nitrogen and oxygen atoms in total. The molecule has 25 heavy (non-hydrogen) atoms. The summed E-state index contributed by atoms with van der Waals surface area (Å²) in [5, 5.41) is 0. The van der Waals surface area contributed by atoms with Gasteiger partial charge in [-0.2, -0.15) is 26.3 Å². The minimum atomic E-state index is -5.42. The Morgan fingerprint density at radius 1 is 0.960 bits per heavy atom. The minimum Gasteiger partial charge on any atom is -0.466 e. The summed E-state index contributed by atoms with van der Waals surface area (Å²) in [6.07, 6.45) is -13.0. The van der Waals surface area contributed by atoms with Crippen LogP contribution in [0, 0.1) is 0 Å². The summed E-state index contributed by atoms with van der Waals surface area (Å²) >= 11 is 0. The second kappa shape index (κ2) is 7.40. The predicted octanol–water partition coefficient (Wildman–Crippen LogP) is 2.47. The van der Waals surface area contributed by atoms with Gasteiger partial charge in [0.1, 0.15) is 5.75 Å². The molecular formula is C13H8F6O6. The van der Waals surface area contributed by atoms with Gasteiger partial charge in [-0.15, -0.1) is 0 Å². The summed E-state index contributed by atoms with van der Waals surface area (Å²) < 4.78 is 85.3. The fourth-order valence-electron chi connectivity index (χ4n) is 1.44. The molecule has 0 saturated carbocycles. The van der Waals surface area contributed by atoms with Gasteiger partial charge in [0.05, 0.1) is 7.11 Å². The van der Waals surface area contributed by atoms with Gasteiger partial charge in [-0.3, -0.25) is 0 Å². The van der Waals surface area contributed by atoms with E-state index in [0.29, 0.717) is 6.07 Å². The van der Waals surface area contributed by atoms with Gasteiger partial charge >= 0.3 is 30.3 Å². The minimum absolute atomic E-state index is 0.503. The summed E-state index contributed by atoms with van der Waals surface area (Å²) in [4.78, 5) is 33.1. The fraction of sp³-hybridized carbons (Fsp3) is 0.308. The van der Waals surface area contributed by atoms with E-state index >= 15 is 0 Å². The summed E-state index contributed by atoms with van der Waals surface area (Å²) in [6.45, 7) is 0. The lowest BCUT2D eigenvalue weighted by molar-refractivity contribution is -0.208. The lowest BCUT2D eigenvalue weighted by atomic mass is 10.1. The van der Waals surface area contributed by atoms with Crippen molar-refractivity contribution in [1.82, 2.24) is 0 Å². The molecule has 0 bridgehead atoms. The first-order valence-corrected chi connectivity index (χ1v) is 6.11. The van der Waals surface area contributed by atoms with Crippen molar-refractivity contribution in [2.45, 2.75) is 18.5 Å². The zero-order chi connectivity index (χ0) is 19.4. The van der Waals surface area contributed by atoms with Crippen LogP contribution in [0.15, 0.2) is 24.3 Å². The first kappa shape index (κ1) is 20.3. The number of carbonyl (C=O) groups excluding carboxylic acids is 3. The van der Waals surface area contributed by atoms with Gasteiger partial charge in [0.2, 0.25) is 6.10 Å². The number of benzene rings is 1. The molecule has 0 aliphatic carbocycles. The third-order valence-corrected chi connectivity index (χ3v) is 2.47. The molecule has 0 fully saturated rings. The summed E-state index contributed by atoms with van der Waals surface area (Å²) in [6, 6.07) is 3.41. The summed E-state index contributed by atoms with van der Waals surface area (Å²) in [7, 11) is 0.782. The van der Waals surface area contributed by atoms with E-state index in [9.17, 15) is 40.7 Å². The monoisotopic (exact) mass is 374 g/mol.